The van der Waals surface area contributed by atoms with Crippen LogP contribution in [-0.4, -0.2) is 28.8 Å². The Kier molecular flexibility index (Phi) is 6.93. The Morgan fingerprint density at radius 1 is 1.00 bits per heavy atom. The van der Waals surface area contributed by atoms with Crippen LogP contribution in [0.15, 0.2) is 66.2 Å². The number of aliphatic hydroxyl groups excluding tert-OH is 1. The molecule has 0 spiro atoms. The number of carbonyl (C=O) groups is 2. The van der Waals surface area contributed by atoms with Crippen molar-refractivity contribution in [3.8, 4) is 5.75 Å². The third-order valence-corrected chi connectivity index (χ3v) is 6.45. The monoisotopic (exact) mass is 491 g/mol. The summed E-state index contributed by atoms with van der Waals surface area (Å²) in [5.41, 5.74) is 2.89. The fourth-order valence-corrected chi connectivity index (χ4v) is 4.55. The van der Waals surface area contributed by atoms with Gasteiger partial charge in [0.05, 0.1) is 18.7 Å². The maximum absolute atomic E-state index is 13.7. The SMILES string of the molecule is COc1cc(C)c(/C(O)=C2\C(=O)C(=O)N(Cc3ccc(F)cc3)C2c2ccc(F)cc2)cc1C(C)C. The fraction of sp³-hybridized carbons (Fsp3) is 0.241. The van der Waals surface area contributed by atoms with E-state index in [0.717, 1.165) is 5.56 Å². The van der Waals surface area contributed by atoms with Gasteiger partial charge in [0.2, 0.25) is 0 Å². The van der Waals surface area contributed by atoms with Gasteiger partial charge in [0.25, 0.3) is 11.7 Å². The molecule has 1 fully saturated rings. The number of aliphatic hydroxyl groups is 1. The van der Waals surface area contributed by atoms with Gasteiger partial charge in [-0.25, -0.2) is 8.78 Å². The van der Waals surface area contributed by atoms with E-state index in [-0.39, 0.29) is 23.8 Å². The van der Waals surface area contributed by atoms with Gasteiger partial charge in [-0.1, -0.05) is 38.1 Å². The Balaban J connectivity index is 1.90. The molecule has 4 rings (SSSR count). The van der Waals surface area contributed by atoms with Crippen molar-refractivity contribution >= 4 is 17.4 Å². The number of rotatable bonds is 6. The molecule has 1 aliphatic rings. The lowest BCUT2D eigenvalue weighted by molar-refractivity contribution is -0.140. The number of hydrogen-bond donors (Lipinski definition) is 1. The summed E-state index contributed by atoms with van der Waals surface area (Å²) < 4.78 is 32.6. The van der Waals surface area contributed by atoms with Gasteiger partial charge in [0.15, 0.2) is 0 Å². The molecule has 0 radical (unpaired) electrons. The molecule has 186 valence electrons. The quantitative estimate of drug-likeness (QED) is 0.260. The number of ketones is 1. The number of ether oxygens (including phenoxy) is 1. The minimum atomic E-state index is -0.959. The van der Waals surface area contributed by atoms with Gasteiger partial charge in [-0.3, -0.25) is 9.59 Å². The van der Waals surface area contributed by atoms with E-state index in [0.29, 0.717) is 28.0 Å². The van der Waals surface area contributed by atoms with Crippen LogP contribution in [0.25, 0.3) is 5.76 Å². The van der Waals surface area contributed by atoms with Crippen molar-refractivity contribution in [1.82, 2.24) is 4.90 Å². The molecule has 1 aliphatic heterocycles. The van der Waals surface area contributed by atoms with Crippen LogP contribution in [0.2, 0.25) is 0 Å². The molecule has 0 bridgehead atoms. The van der Waals surface area contributed by atoms with Crippen LogP contribution in [0.5, 0.6) is 5.75 Å². The van der Waals surface area contributed by atoms with Crippen LogP contribution in [0.4, 0.5) is 8.78 Å². The van der Waals surface area contributed by atoms with Crippen molar-refractivity contribution in [2.45, 2.75) is 39.3 Å². The molecule has 1 atom stereocenters. The Morgan fingerprint density at radius 3 is 2.14 bits per heavy atom. The number of Topliss-reactive ketones (excluding diaryl/α,β-unsaturated/α-hetero) is 1. The predicted octanol–water partition coefficient (Wildman–Crippen LogP) is 6.03. The maximum atomic E-state index is 13.7. The lowest BCUT2D eigenvalue weighted by atomic mass is 9.91. The second-order valence-electron chi connectivity index (χ2n) is 9.17. The molecular weight excluding hydrogens is 464 g/mol. The van der Waals surface area contributed by atoms with E-state index in [2.05, 4.69) is 0 Å². The van der Waals surface area contributed by atoms with E-state index in [4.69, 9.17) is 4.74 Å². The molecule has 1 heterocycles. The standard InChI is InChI=1S/C29H27F2NO4/c1-16(2)22-14-23(17(3)13-24(22)36-4)27(33)25-26(19-7-11-21(31)12-8-19)32(29(35)28(25)34)15-18-5-9-20(30)10-6-18/h5-14,16,26,33H,15H2,1-4H3/b27-25+. The first-order valence-electron chi connectivity index (χ1n) is 11.6. The topological polar surface area (TPSA) is 66.8 Å². The van der Waals surface area contributed by atoms with Crippen LogP contribution in [-0.2, 0) is 16.1 Å². The molecule has 1 saturated heterocycles. The van der Waals surface area contributed by atoms with Crippen LogP contribution in [0, 0.1) is 18.6 Å². The highest BCUT2D eigenvalue weighted by atomic mass is 19.1. The number of methoxy groups -OCH3 is 1. The maximum Gasteiger partial charge on any atom is 0.295 e. The van der Waals surface area contributed by atoms with E-state index in [1.807, 2.05) is 13.8 Å². The zero-order chi connectivity index (χ0) is 26.1. The van der Waals surface area contributed by atoms with Gasteiger partial charge < -0.3 is 14.7 Å². The minimum absolute atomic E-state index is 0.00250. The molecule has 5 nitrogen and oxygen atoms in total. The summed E-state index contributed by atoms with van der Waals surface area (Å²) in [6, 6.07) is 13.6. The van der Waals surface area contributed by atoms with Gasteiger partial charge >= 0.3 is 0 Å². The zero-order valence-corrected chi connectivity index (χ0v) is 20.5. The normalized spacial score (nSPS) is 17.2. The number of carbonyl (C=O) groups excluding carboxylic acids is 2. The number of benzene rings is 3. The molecule has 1 N–H and O–H groups in total. The van der Waals surface area contributed by atoms with E-state index in [9.17, 15) is 23.5 Å². The van der Waals surface area contributed by atoms with Gasteiger partial charge in [-0.2, -0.15) is 0 Å². The zero-order valence-electron chi connectivity index (χ0n) is 20.5. The summed E-state index contributed by atoms with van der Waals surface area (Å²) in [5, 5.41) is 11.5. The van der Waals surface area contributed by atoms with Crippen molar-refractivity contribution in [1.29, 1.82) is 0 Å². The van der Waals surface area contributed by atoms with Crippen molar-refractivity contribution in [3.63, 3.8) is 0 Å². The number of nitrogens with zero attached hydrogens (tertiary/aromatic N) is 1. The summed E-state index contributed by atoms with van der Waals surface area (Å²) in [4.78, 5) is 27.8. The first-order chi connectivity index (χ1) is 17.1. The molecular formula is C29H27F2NO4. The van der Waals surface area contributed by atoms with Crippen molar-refractivity contribution in [3.05, 3.63) is 106 Å². The summed E-state index contributed by atoms with van der Waals surface area (Å²) in [6.45, 7) is 5.75. The summed E-state index contributed by atoms with van der Waals surface area (Å²) in [5.74, 6) is -2.12. The van der Waals surface area contributed by atoms with Crippen LogP contribution < -0.4 is 4.74 Å². The third-order valence-electron chi connectivity index (χ3n) is 6.45. The molecule has 0 aromatic heterocycles. The number of amides is 1. The molecule has 7 heteroatoms. The molecule has 0 aliphatic carbocycles. The second-order valence-corrected chi connectivity index (χ2v) is 9.17. The van der Waals surface area contributed by atoms with Gasteiger partial charge in [0.1, 0.15) is 23.1 Å². The number of likely N-dealkylation sites (tertiary alicyclic amines) is 1. The Bertz CT molecular complexity index is 1340. The molecule has 0 saturated carbocycles. The van der Waals surface area contributed by atoms with Gasteiger partial charge in [-0.15, -0.1) is 0 Å². The first-order valence-corrected chi connectivity index (χ1v) is 11.6. The van der Waals surface area contributed by atoms with Crippen molar-refractivity contribution < 1.29 is 28.2 Å². The van der Waals surface area contributed by atoms with E-state index in [1.165, 1.54) is 53.4 Å². The molecule has 3 aromatic rings. The van der Waals surface area contributed by atoms with E-state index in [1.54, 1.807) is 26.2 Å². The number of hydrogen-bond acceptors (Lipinski definition) is 4. The molecule has 3 aromatic carbocycles. The smallest absolute Gasteiger partial charge is 0.295 e. The fourth-order valence-electron chi connectivity index (χ4n) is 4.55. The Hall–Kier alpha value is -4.00. The Labute approximate surface area is 208 Å². The molecule has 1 amide bonds. The second kappa shape index (κ2) is 9.93. The van der Waals surface area contributed by atoms with Gasteiger partial charge in [-0.05, 0) is 71.5 Å². The van der Waals surface area contributed by atoms with Gasteiger partial charge in [0, 0.05) is 12.1 Å². The predicted molar refractivity (Wildman–Crippen MR) is 132 cm³/mol. The highest BCUT2D eigenvalue weighted by Gasteiger charge is 2.46. The number of halogens is 2. The first kappa shape index (κ1) is 25.1. The average molecular weight is 492 g/mol. The number of aryl methyl sites for hydroxylation is 1. The lowest BCUT2D eigenvalue weighted by Crippen LogP contribution is -2.29. The van der Waals surface area contributed by atoms with Crippen molar-refractivity contribution in [2.24, 2.45) is 0 Å². The Morgan fingerprint density at radius 2 is 1.58 bits per heavy atom. The van der Waals surface area contributed by atoms with E-state index >= 15 is 0 Å². The van der Waals surface area contributed by atoms with Crippen molar-refractivity contribution in [2.75, 3.05) is 7.11 Å². The van der Waals surface area contributed by atoms with E-state index < -0.39 is 29.4 Å². The third kappa shape index (κ3) is 4.61. The lowest BCUT2D eigenvalue weighted by Gasteiger charge is -2.26. The molecule has 36 heavy (non-hydrogen) atoms. The van der Waals surface area contributed by atoms with Crippen LogP contribution in [0.1, 0.15) is 53.6 Å². The highest BCUT2D eigenvalue weighted by Crippen LogP contribution is 2.42. The van der Waals surface area contributed by atoms with Crippen LogP contribution in [0.3, 0.4) is 0 Å². The summed E-state index contributed by atoms with van der Waals surface area (Å²) in [6.07, 6.45) is 0. The summed E-state index contributed by atoms with van der Waals surface area (Å²) in [7, 11) is 1.57. The summed E-state index contributed by atoms with van der Waals surface area (Å²) >= 11 is 0. The minimum Gasteiger partial charge on any atom is -0.507 e. The average Bonchev–Trinajstić information content (AvgIpc) is 3.10. The largest absolute Gasteiger partial charge is 0.507 e. The van der Waals surface area contributed by atoms with Crippen LogP contribution >= 0.6 is 0 Å². The highest BCUT2D eigenvalue weighted by molar-refractivity contribution is 6.46. The molecule has 1 unspecified atom stereocenters.